The van der Waals surface area contributed by atoms with Crippen LogP contribution in [0, 0.1) is 0 Å². The van der Waals surface area contributed by atoms with Crippen molar-refractivity contribution in [2.75, 3.05) is 6.79 Å². The maximum Gasteiger partial charge on any atom is 0.326 e. The minimum atomic E-state index is -1.49. The Kier molecular flexibility index (Phi) is 3.74. The van der Waals surface area contributed by atoms with Crippen LogP contribution < -0.4 is 14.8 Å². The van der Waals surface area contributed by atoms with E-state index in [4.69, 9.17) is 19.7 Å². The van der Waals surface area contributed by atoms with E-state index in [1.54, 1.807) is 0 Å². The molecule has 2 rings (SSSR count). The molecule has 1 aliphatic heterocycles. The molecular formula is C12H11NO7. The van der Waals surface area contributed by atoms with Crippen molar-refractivity contribution in [3.8, 4) is 11.5 Å². The van der Waals surface area contributed by atoms with Crippen molar-refractivity contribution in [3.63, 3.8) is 0 Å². The van der Waals surface area contributed by atoms with E-state index < -0.39 is 30.3 Å². The highest BCUT2D eigenvalue weighted by atomic mass is 16.7. The molecule has 1 aliphatic rings. The molecule has 1 aromatic rings. The third kappa shape index (κ3) is 2.97. The molecule has 0 aromatic heterocycles. The predicted octanol–water partition coefficient (Wildman–Crippen LogP) is 0.0730. The van der Waals surface area contributed by atoms with Gasteiger partial charge >= 0.3 is 11.9 Å². The second kappa shape index (κ2) is 5.47. The maximum atomic E-state index is 11.9. The van der Waals surface area contributed by atoms with Crippen molar-refractivity contribution in [2.24, 2.45) is 0 Å². The lowest BCUT2D eigenvalue weighted by atomic mass is 10.1. The largest absolute Gasteiger partial charge is 0.481 e. The van der Waals surface area contributed by atoms with E-state index in [2.05, 4.69) is 5.32 Å². The van der Waals surface area contributed by atoms with E-state index in [9.17, 15) is 14.4 Å². The van der Waals surface area contributed by atoms with Crippen LogP contribution in [0.3, 0.4) is 0 Å². The van der Waals surface area contributed by atoms with Gasteiger partial charge < -0.3 is 25.0 Å². The van der Waals surface area contributed by atoms with Gasteiger partial charge in [0.25, 0.3) is 5.91 Å². The first-order valence-corrected chi connectivity index (χ1v) is 5.62. The first-order chi connectivity index (χ1) is 9.47. The smallest absolute Gasteiger partial charge is 0.326 e. The highest BCUT2D eigenvalue weighted by Gasteiger charge is 2.24. The standard InChI is InChI=1S/C12H11NO7/c14-10(15)4-7(12(17)18)13-11(16)6-1-2-8-9(3-6)20-5-19-8/h1-3,7H,4-5H2,(H,13,16)(H,14,15)(H,17,18). The summed E-state index contributed by atoms with van der Waals surface area (Å²) in [6.07, 6.45) is -0.703. The van der Waals surface area contributed by atoms with Crippen molar-refractivity contribution in [3.05, 3.63) is 23.8 Å². The van der Waals surface area contributed by atoms with Gasteiger partial charge in [-0.25, -0.2) is 4.79 Å². The second-order valence-corrected chi connectivity index (χ2v) is 4.03. The van der Waals surface area contributed by atoms with Crippen LogP contribution in [0.2, 0.25) is 0 Å². The molecule has 1 aromatic carbocycles. The number of hydrogen-bond donors (Lipinski definition) is 3. The summed E-state index contributed by atoms with van der Waals surface area (Å²) in [6.45, 7) is 0.0527. The van der Waals surface area contributed by atoms with Gasteiger partial charge in [0.05, 0.1) is 6.42 Å². The van der Waals surface area contributed by atoms with Crippen LogP contribution in [0.15, 0.2) is 18.2 Å². The van der Waals surface area contributed by atoms with Gasteiger partial charge in [0.2, 0.25) is 6.79 Å². The molecule has 1 unspecified atom stereocenters. The van der Waals surface area contributed by atoms with E-state index in [0.717, 1.165) is 0 Å². The van der Waals surface area contributed by atoms with Gasteiger partial charge in [-0.1, -0.05) is 0 Å². The number of amides is 1. The molecule has 1 amide bonds. The van der Waals surface area contributed by atoms with Crippen molar-refractivity contribution >= 4 is 17.8 Å². The van der Waals surface area contributed by atoms with Gasteiger partial charge in [-0.3, -0.25) is 9.59 Å². The Morgan fingerprint density at radius 3 is 2.55 bits per heavy atom. The Balaban J connectivity index is 2.10. The average molecular weight is 281 g/mol. The monoisotopic (exact) mass is 281 g/mol. The quantitative estimate of drug-likeness (QED) is 0.698. The summed E-state index contributed by atoms with van der Waals surface area (Å²) in [4.78, 5) is 33.3. The molecule has 3 N–H and O–H groups in total. The fourth-order valence-electron chi connectivity index (χ4n) is 1.65. The van der Waals surface area contributed by atoms with Crippen LogP contribution in [-0.2, 0) is 9.59 Å². The SMILES string of the molecule is O=C(O)CC(NC(=O)c1ccc2c(c1)OCO2)C(=O)O. The summed E-state index contributed by atoms with van der Waals surface area (Å²) in [5, 5.41) is 19.6. The van der Waals surface area contributed by atoms with Gasteiger partial charge in [0, 0.05) is 5.56 Å². The maximum absolute atomic E-state index is 11.9. The van der Waals surface area contributed by atoms with Crippen LogP contribution >= 0.6 is 0 Å². The van der Waals surface area contributed by atoms with Gasteiger partial charge in [-0.05, 0) is 18.2 Å². The number of carboxylic acid groups (broad SMARTS) is 2. The molecule has 0 saturated carbocycles. The van der Waals surface area contributed by atoms with Crippen LogP contribution in [-0.4, -0.2) is 40.9 Å². The number of fused-ring (bicyclic) bond motifs is 1. The summed E-state index contributed by atoms with van der Waals surface area (Å²) in [5.41, 5.74) is 0.158. The minimum absolute atomic E-state index is 0.0527. The zero-order chi connectivity index (χ0) is 14.7. The fourth-order valence-corrected chi connectivity index (χ4v) is 1.65. The molecule has 8 nitrogen and oxygen atoms in total. The summed E-state index contributed by atoms with van der Waals surface area (Å²) in [5.74, 6) is -2.56. The average Bonchev–Trinajstić information content (AvgIpc) is 2.84. The normalized spacial score (nSPS) is 13.6. The number of carboxylic acids is 2. The van der Waals surface area contributed by atoms with E-state index in [1.165, 1.54) is 18.2 Å². The molecule has 0 saturated heterocycles. The second-order valence-electron chi connectivity index (χ2n) is 4.03. The van der Waals surface area contributed by atoms with Gasteiger partial charge in [-0.15, -0.1) is 0 Å². The zero-order valence-electron chi connectivity index (χ0n) is 10.2. The predicted molar refractivity (Wildman–Crippen MR) is 63.7 cm³/mol. The highest BCUT2D eigenvalue weighted by molar-refractivity contribution is 5.97. The molecule has 1 heterocycles. The Morgan fingerprint density at radius 2 is 1.90 bits per heavy atom. The number of hydrogen-bond acceptors (Lipinski definition) is 5. The van der Waals surface area contributed by atoms with E-state index in [-0.39, 0.29) is 12.4 Å². The number of benzene rings is 1. The van der Waals surface area contributed by atoms with Crippen LogP contribution in [0.5, 0.6) is 11.5 Å². The lowest BCUT2D eigenvalue weighted by molar-refractivity contribution is -0.145. The van der Waals surface area contributed by atoms with Gasteiger partial charge in [-0.2, -0.15) is 0 Å². The topological polar surface area (TPSA) is 122 Å². The number of rotatable bonds is 5. The van der Waals surface area contributed by atoms with Crippen LogP contribution in [0.4, 0.5) is 0 Å². The summed E-state index contributed by atoms with van der Waals surface area (Å²) in [7, 11) is 0. The number of carbonyl (C=O) groups is 3. The Hall–Kier alpha value is -2.77. The van der Waals surface area contributed by atoms with Crippen molar-refractivity contribution < 1.29 is 34.1 Å². The summed E-state index contributed by atoms with van der Waals surface area (Å²) >= 11 is 0. The zero-order valence-corrected chi connectivity index (χ0v) is 10.2. The van der Waals surface area contributed by atoms with Crippen molar-refractivity contribution in [2.45, 2.75) is 12.5 Å². The van der Waals surface area contributed by atoms with Crippen LogP contribution in [0.25, 0.3) is 0 Å². The molecule has 0 spiro atoms. The Morgan fingerprint density at radius 1 is 1.20 bits per heavy atom. The Bertz CT molecular complexity index is 569. The fraction of sp³-hybridized carbons (Fsp3) is 0.250. The number of aliphatic carboxylic acids is 2. The number of ether oxygens (including phenoxy) is 2. The highest BCUT2D eigenvalue weighted by Crippen LogP contribution is 2.32. The molecule has 0 fully saturated rings. The molecule has 0 bridgehead atoms. The first-order valence-electron chi connectivity index (χ1n) is 5.62. The molecule has 0 aliphatic carbocycles. The third-order valence-corrected chi connectivity index (χ3v) is 2.62. The molecule has 106 valence electrons. The van der Waals surface area contributed by atoms with Gasteiger partial charge in [0.15, 0.2) is 11.5 Å². The first kappa shape index (κ1) is 13.7. The van der Waals surface area contributed by atoms with E-state index in [1.807, 2.05) is 0 Å². The van der Waals surface area contributed by atoms with Crippen molar-refractivity contribution in [1.29, 1.82) is 0 Å². The molecule has 1 atom stereocenters. The third-order valence-electron chi connectivity index (χ3n) is 2.62. The lowest BCUT2D eigenvalue weighted by Crippen LogP contribution is -2.42. The number of carbonyl (C=O) groups excluding carboxylic acids is 1. The summed E-state index contributed by atoms with van der Waals surface area (Å²) in [6, 6.07) is 2.86. The minimum Gasteiger partial charge on any atom is -0.481 e. The molecular weight excluding hydrogens is 270 g/mol. The van der Waals surface area contributed by atoms with E-state index in [0.29, 0.717) is 11.5 Å². The van der Waals surface area contributed by atoms with Crippen molar-refractivity contribution in [1.82, 2.24) is 5.32 Å². The number of nitrogens with one attached hydrogen (secondary N) is 1. The Labute approximate surface area is 112 Å². The molecule has 20 heavy (non-hydrogen) atoms. The van der Waals surface area contributed by atoms with E-state index >= 15 is 0 Å². The molecule has 8 heteroatoms. The summed E-state index contributed by atoms with van der Waals surface area (Å²) < 4.78 is 10.2. The molecule has 0 radical (unpaired) electrons. The lowest BCUT2D eigenvalue weighted by Gasteiger charge is -2.12. The van der Waals surface area contributed by atoms with Gasteiger partial charge in [0.1, 0.15) is 6.04 Å². The van der Waals surface area contributed by atoms with Crippen LogP contribution in [0.1, 0.15) is 16.8 Å².